The summed E-state index contributed by atoms with van der Waals surface area (Å²) in [4.78, 5) is 15.8. The van der Waals surface area contributed by atoms with Gasteiger partial charge >= 0.3 is 11.1 Å². The molecule has 1 aromatic rings. The number of hydrogen-bond donors (Lipinski definition) is 2. The van der Waals surface area contributed by atoms with E-state index in [1.54, 1.807) is 6.92 Å². The van der Waals surface area contributed by atoms with Crippen molar-refractivity contribution < 1.29 is 10.0 Å². The third-order valence-electron chi connectivity index (χ3n) is 3.19. The molecular formula is C11H18ClN5O3. The van der Waals surface area contributed by atoms with Gasteiger partial charge in [0.15, 0.2) is 0 Å². The van der Waals surface area contributed by atoms with Crippen LogP contribution in [0.2, 0.25) is 5.28 Å². The van der Waals surface area contributed by atoms with E-state index in [1.807, 2.05) is 0 Å². The van der Waals surface area contributed by atoms with Crippen LogP contribution in [0.15, 0.2) is 6.20 Å². The van der Waals surface area contributed by atoms with E-state index >= 15 is 0 Å². The van der Waals surface area contributed by atoms with Crippen LogP contribution in [0.1, 0.15) is 6.92 Å². The Kier molecular flexibility index (Phi) is 4.59. The van der Waals surface area contributed by atoms with E-state index in [4.69, 9.17) is 11.6 Å². The lowest BCUT2D eigenvalue weighted by Gasteiger charge is -2.34. The molecular weight excluding hydrogens is 286 g/mol. The standard InChI is InChI=1S/C11H18ClN5O3/c1-11(18,7-15-4-2-13-3-5-15)8-16-6-9(17(19)20)14-10(16)12/h6,13,18H,2-5,7-8H2,1H3/t11-/m1/s1. The van der Waals surface area contributed by atoms with Crippen LogP contribution in [0.25, 0.3) is 0 Å². The number of nitrogens with one attached hydrogen (secondary N) is 1. The van der Waals surface area contributed by atoms with Crippen molar-refractivity contribution in [1.82, 2.24) is 19.8 Å². The maximum Gasteiger partial charge on any atom is 0.383 e. The summed E-state index contributed by atoms with van der Waals surface area (Å²) in [6.45, 7) is 5.87. The van der Waals surface area contributed by atoms with E-state index in [-0.39, 0.29) is 17.6 Å². The highest BCUT2D eigenvalue weighted by Crippen LogP contribution is 2.19. The Hall–Kier alpha value is -1.22. The van der Waals surface area contributed by atoms with Crippen molar-refractivity contribution in [2.45, 2.75) is 19.1 Å². The molecule has 0 bridgehead atoms. The number of halogens is 1. The predicted molar refractivity (Wildman–Crippen MR) is 73.8 cm³/mol. The fraction of sp³-hybridized carbons (Fsp3) is 0.727. The zero-order valence-corrected chi connectivity index (χ0v) is 12.0. The van der Waals surface area contributed by atoms with Gasteiger partial charge in [0.1, 0.15) is 6.20 Å². The zero-order valence-electron chi connectivity index (χ0n) is 11.3. The molecule has 1 aliphatic rings. The van der Waals surface area contributed by atoms with Gasteiger partial charge in [-0.05, 0) is 28.4 Å². The molecule has 0 unspecified atom stereocenters. The van der Waals surface area contributed by atoms with Gasteiger partial charge in [-0.3, -0.25) is 9.47 Å². The first kappa shape index (κ1) is 15.2. The summed E-state index contributed by atoms with van der Waals surface area (Å²) < 4.78 is 1.40. The van der Waals surface area contributed by atoms with Crippen molar-refractivity contribution in [2.75, 3.05) is 32.7 Å². The summed E-state index contributed by atoms with van der Waals surface area (Å²) >= 11 is 5.85. The number of nitrogens with zero attached hydrogens (tertiary/aromatic N) is 4. The minimum atomic E-state index is -1.03. The van der Waals surface area contributed by atoms with Crippen molar-refractivity contribution in [3.05, 3.63) is 21.6 Å². The normalized spacial score (nSPS) is 19.8. The number of imidazole rings is 1. The molecule has 20 heavy (non-hydrogen) atoms. The zero-order chi connectivity index (χ0) is 14.8. The Morgan fingerprint density at radius 1 is 1.55 bits per heavy atom. The third-order valence-corrected chi connectivity index (χ3v) is 3.49. The average Bonchev–Trinajstić information content (AvgIpc) is 2.71. The van der Waals surface area contributed by atoms with Crippen LogP contribution in [0.5, 0.6) is 0 Å². The summed E-state index contributed by atoms with van der Waals surface area (Å²) in [5, 5.41) is 24.3. The molecule has 1 aromatic heterocycles. The van der Waals surface area contributed by atoms with Crippen molar-refractivity contribution in [1.29, 1.82) is 0 Å². The lowest BCUT2D eigenvalue weighted by atomic mass is 10.1. The Morgan fingerprint density at radius 2 is 2.20 bits per heavy atom. The molecule has 2 heterocycles. The second kappa shape index (κ2) is 6.04. The van der Waals surface area contributed by atoms with Crippen LogP contribution in [-0.4, -0.2) is 62.8 Å². The molecule has 0 aliphatic carbocycles. The van der Waals surface area contributed by atoms with Crippen LogP contribution < -0.4 is 5.32 Å². The van der Waals surface area contributed by atoms with Gasteiger partial charge in [0.05, 0.1) is 12.1 Å². The minimum Gasteiger partial charge on any atom is -0.387 e. The lowest BCUT2D eigenvalue weighted by molar-refractivity contribution is -0.389. The highest BCUT2D eigenvalue weighted by molar-refractivity contribution is 6.28. The third kappa shape index (κ3) is 3.89. The Balaban J connectivity index is 2.01. The van der Waals surface area contributed by atoms with Gasteiger partial charge in [0.2, 0.25) is 0 Å². The minimum absolute atomic E-state index is 0.0114. The van der Waals surface area contributed by atoms with E-state index < -0.39 is 10.5 Å². The van der Waals surface area contributed by atoms with Crippen LogP contribution in [0.4, 0.5) is 5.82 Å². The Labute approximate surface area is 121 Å². The van der Waals surface area contributed by atoms with Crippen LogP contribution >= 0.6 is 11.6 Å². The molecule has 2 rings (SSSR count). The molecule has 0 amide bonds. The summed E-state index contributed by atoms with van der Waals surface area (Å²) in [5.74, 6) is -0.312. The summed E-state index contributed by atoms with van der Waals surface area (Å²) in [7, 11) is 0. The maximum absolute atomic E-state index is 10.6. The predicted octanol–water partition coefficient (Wildman–Crippen LogP) is 0.101. The van der Waals surface area contributed by atoms with Crippen LogP contribution in [-0.2, 0) is 6.54 Å². The number of aliphatic hydroxyl groups is 1. The number of rotatable bonds is 5. The molecule has 1 aliphatic heterocycles. The number of aromatic nitrogens is 2. The molecule has 8 nitrogen and oxygen atoms in total. The number of hydrogen-bond acceptors (Lipinski definition) is 6. The summed E-state index contributed by atoms with van der Waals surface area (Å²) in [5.41, 5.74) is -1.03. The second-order valence-electron chi connectivity index (χ2n) is 5.28. The molecule has 1 fully saturated rings. The van der Waals surface area contributed by atoms with Gasteiger partial charge in [-0.1, -0.05) is 0 Å². The quantitative estimate of drug-likeness (QED) is 0.591. The highest BCUT2D eigenvalue weighted by atomic mass is 35.5. The van der Waals surface area contributed by atoms with Crippen molar-refractivity contribution in [2.24, 2.45) is 0 Å². The fourth-order valence-corrected chi connectivity index (χ4v) is 2.54. The summed E-state index contributed by atoms with van der Waals surface area (Å²) in [6.07, 6.45) is 1.24. The molecule has 1 saturated heterocycles. The van der Waals surface area contributed by atoms with E-state index in [9.17, 15) is 15.2 Å². The largest absolute Gasteiger partial charge is 0.387 e. The highest BCUT2D eigenvalue weighted by Gasteiger charge is 2.28. The molecule has 0 aromatic carbocycles. The first-order chi connectivity index (χ1) is 9.37. The molecule has 0 saturated carbocycles. The molecule has 1 atom stereocenters. The van der Waals surface area contributed by atoms with Gasteiger partial charge in [-0.25, -0.2) is 0 Å². The molecule has 2 N–H and O–H groups in total. The first-order valence-electron chi connectivity index (χ1n) is 6.40. The smallest absolute Gasteiger partial charge is 0.383 e. The second-order valence-corrected chi connectivity index (χ2v) is 5.61. The Bertz CT molecular complexity index is 484. The molecule has 0 spiro atoms. The summed E-state index contributed by atoms with van der Waals surface area (Å²) in [6, 6.07) is 0. The van der Waals surface area contributed by atoms with Gasteiger partial charge in [-0.2, -0.15) is 0 Å². The fourth-order valence-electron chi connectivity index (χ4n) is 2.35. The maximum atomic E-state index is 10.6. The number of nitro groups is 1. The average molecular weight is 304 g/mol. The van der Waals surface area contributed by atoms with E-state index in [1.165, 1.54) is 10.8 Å². The Morgan fingerprint density at radius 3 is 2.75 bits per heavy atom. The van der Waals surface area contributed by atoms with Crippen molar-refractivity contribution in [3.8, 4) is 0 Å². The number of piperazine rings is 1. The van der Waals surface area contributed by atoms with Gasteiger partial charge in [0, 0.05) is 32.7 Å². The van der Waals surface area contributed by atoms with E-state index in [0.29, 0.717) is 6.54 Å². The first-order valence-corrected chi connectivity index (χ1v) is 6.78. The van der Waals surface area contributed by atoms with Crippen LogP contribution in [0.3, 0.4) is 0 Å². The van der Waals surface area contributed by atoms with Crippen molar-refractivity contribution in [3.63, 3.8) is 0 Å². The van der Waals surface area contributed by atoms with E-state index in [0.717, 1.165) is 26.2 Å². The van der Waals surface area contributed by atoms with Gasteiger partial charge < -0.3 is 20.5 Å². The van der Waals surface area contributed by atoms with Gasteiger partial charge in [0.25, 0.3) is 0 Å². The monoisotopic (exact) mass is 303 g/mol. The number of β-amino-alcohol motifs (C(OH)–C–C–N with tert-alkyl or cyclic N) is 1. The molecule has 9 heteroatoms. The topological polar surface area (TPSA) is 96.5 Å². The lowest BCUT2D eigenvalue weighted by Crippen LogP contribution is -2.50. The SMILES string of the molecule is C[C@@](O)(CN1CCNCC1)Cn1cc([N+](=O)[O-])nc1Cl. The van der Waals surface area contributed by atoms with Crippen LogP contribution in [0, 0.1) is 10.1 Å². The van der Waals surface area contributed by atoms with E-state index in [2.05, 4.69) is 15.2 Å². The molecule has 112 valence electrons. The molecule has 0 radical (unpaired) electrons. The van der Waals surface area contributed by atoms with Gasteiger partial charge in [-0.15, -0.1) is 0 Å². The van der Waals surface area contributed by atoms with Crippen molar-refractivity contribution >= 4 is 17.4 Å².